The first-order valence-corrected chi connectivity index (χ1v) is 5.14. The molecule has 0 atom stereocenters. The highest BCUT2D eigenvalue weighted by Gasteiger charge is 1.96. The van der Waals surface area contributed by atoms with E-state index in [9.17, 15) is 0 Å². The molecule has 1 aromatic rings. The summed E-state index contributed by atoms with van der Waals surface area (Å²) in [6, 6.07) is 1.72. The topological polar surface area (TPSA) is 56.3 Å². The van der Waals surface area contributed by atoms with Crippen LogP contribution in [0.15, 0.2) is 12.4 Å². The monoisotopic (exact) mass is 231 g/mol. The molecule has 0 aliphatic heterocycles. The summed E-state index contributed by atoms with van der Waals surface area (Å²) >= 11 is 5.45. The quantitative estimate of drug-likeness (QED) is 0.564. The molecule has 0 spiro atoms. The molecule has 15 heavy (non-hydrogen) atoms. The lowest BCUT2D eigenvalue weighted by atomic mass is 10.5. The number of nitrogens with one attached hydrogen (secondary N) is 1. The highest BCUT2D eigenvalue weighted by Crippen LogP contribution is 2.09. The van der Waals surface area contributed by atoms with E-state index in [1.165, 1.54) is 6.33 Å². The van der Waals surface area contributed by atoms with E-state index in [1.54, 1.807) is 13.2 Å². The summed E-state index contributed by atoms with van der Waals surface area (Å²) in [6.45, 7) is 1.84. The van der Waals surface area contributed by atoms with Crippen molar-refractivity contribution in [1.82, 2.24) is 9.97 Å². The molecule has 0 aliphatic rings. The number of rotatable bonds is 7. The lowest BCUT2D eigenvalue weighted by molar-refractivity contribution is 0.160. The van der Waals surface area contributed by atoms with Crippen LogP contribution >= 0.6 is 11.6 Å². The number of aromatic nitrogens is 2. The van der Waals surface area contributed by atoms with Crippen LogP contribution in [0.2, 0.25) is 0 Å². The molecular formula is C9H14ClN3O2. The summed E-state index contributed by atoms with van der Waals surface area (Å²) < 4.78 is 10.2. The summed E-state index contributed by atoms with van der Waals surface area (Å²) in [7, 11) is 1.57. The largest absolute Gasteiger partial charge is 0.481 e. The van der Waals surface area contributed by atoms with E-state index < -0.39 is 0 Å². The average Bonchev–Trinajstić information content (AvgIpc) is 2.29. The van der Waals surface area contributed by atoms with Crippen LogP contribution in [0, 0.1) is 0 Å². The molecule has 0 aliphatic carbocycles. The van der Waals surface area contributed by atoms with Crippen LogP contribution in [0.3, 0.4) is 0 Å². The standard InChI is InChI=1S/C9H14ClN3O2/c1-14-9-6-8(12-7-13-9)11-3-5-15-4-2-10/h6-7H,2-5H2,1H3,(H,11,12,13). The second-order valence-corrected chi connectivity index (χ2v) is 3.05. The fraction of sp³-hybridized carbons (Fsp3) is 0.556. The minimum atomic E-state index is 0.515. The van der Waals surface area contributed by atoms with Crippen LogP contribution in [0.5, 0.6) is 5.88 Å². The average molecular weight is 232 g/mol. The van der Waals surface area contributed by atoms with Crippen LogP contribution in [0.4, 0.5) is 5.82 Å². The summed E-state index contributed by atoms with van der Waals surface area (Å²) in [5.74, 6) is 1.77. The fourth-order valence-electron chi connectivity index (χ4n) is 0.956. The van der Waals surface area contributed by atoms with Gasteiger partial charge in [-0.25, -0.2) is 9.97 Å². The van der Waals surface area contributed by atoms with Crippen molar-refractivity contribution in [2.24, 2.45) is 0 Å². The predicted octanol–water partition coefficient (Wildman–Crippen LogP) is 1.15. The number of methoxy groups -OCH3 is 1. The molecular weight excluding hydrogens is 218 g/mol. The van der Waals surface area contributed by atoms with Gasteiger partial charge >= 0.3 is 0 Å². The van der Waals surface area contributed by atoms with E-state index >= 15 is 0 Å². The number of hydrogen-bond donors (Lipinski definition) is 1. The van der Waals surface area contributed by atoms with Gasteiger partial charge in [-0.15, -0.1) is 11.6 Å². The zero-order valence-corrected chi connectivity index (χ0v) is 9.33. The third-order valence-electron chi connectivity index (χ3n) is 1.63. The van der Waals surface area contributed by atoms with E-state index in [2.05, 4.69) is 15.3 Å². The molecule has 5 nitrogen and oxygen atoms in total. The summed E-state index contributed by atoms with van der Waals surface area (Å²) in [4.78, 5) is 7.91. The summed E-state index contributed by atoms with van der Waals surface area (Å²) in [5, 5.41) is 3.08. The molecule has 1 N–H and O–H groups in total. The van der Waals surface area contributed by atoms with E-state index in [1.807, 2.05) is 0 Å². The number of anilines is 1. The molecule has 1 aromatic heterocycles. The Labute approximate surface area is 93.8 Å². The van der Waals surface area contributed by atoms with Gasteiger partial charge in [0.05, 0.1) is 20.3 Å². The zero-order chi connectivity index (χ0) is 10.9. The van der Waals surface area contributed by atoms with Crippen molar-refractivity contribution in [2.45, 2.75) is 0 Å². The Morgan fingerprint density at radius 2 is 2.27 bits per heavy atom. The van der Waals surface area contributed by atoms with Gasteiger partial charge in [0.1, 0.15) is 12.1 Å². The smallest absolute Gasteiger partial charge is 0.218 e. The Bertz CT molecular complexity index is 286. The van der Waals surface area contributed by atoms with Gasteiger partial charge in [-0.3, -0.25) is 0 Å². The van der Waals surface area contributed by atoms with E-state index in [0.717, 1.165) is 5.82 Å². The zero-order valence-electron chi connectivity index (χ0n) is 8.57. The maximum Gasteiger partial charge on any atom is 0.218 e. The molecule has 6 heteroatoms. The van der Waals surface area contributed by atoms with Gasteiger partial charge in [0.25, 0.3) is 0 Å². The Morgan fingerprint density at radius 1 is 1.40 bits per heavy atom. The van der Waals surface area contributed by atoms with Crippen LogP contribution < -0.4 is 10.1 Å². The lowest BCUT2D eigenvalue weighted by Crippen LogP contribution is -2.11. The lowest BCUT2D eigenvalue weighted by Gasteiger charge is -2.06. The Hall–Kier alpha value is -1.07. The van der Waals surface area contributed by atoms with Gasteiger partial charge in [0.15, 0.2) is 0 Å². The fourth-order valence-corrected chi connectivity index (χ4v) is 1.06. The minimum Gasteiger partial charge on any atom is -0.481 e. The van der Waals surface area contributed by atoms with Crippen LogP contribution in [-0.4, -0.2) is 42.7 Å². The van der Waals surface area contributed by atoms with Crippen molar-refractivity contribution in [3.63, 3.8) is 0 Å². The van der Waals surface area contributed by atoms with Crippen molar-refractivity contribution in [2.75, 3.05) is 38.1 Å². The highest BCUT2D eigenvalue weighted by molar-refractivity contribution is 6.17. The van der Waals surface area contributed by atoms with Crippen molar-refractivity contribution in [3.05, 3.63) is 12.4 Å². The van der Waals surface area contributed by atoms with Gasteiger partial charge < -0.3 is 14.8 Å². The third kappa shape index (κ3) is 4.80. The van der Waals surface area contributed by atoms with E-state index in [0.29, 0.717) is 31.5 Å². The highest BCUT2D eigenvalue weighted by atomic mass is 35.5. The molecule has 1 rings (SSSR count). The molecule has 0 bridgehead atoms. The number of halogens is 1. The first kappa shape index (κ1) is 12.0. The minimum absolute atomic E-state index is 0.515. The predicted molar refractivity (Wildman–Crippen MR) is 58.6 cm³/mol. The second kappa shape index (κ2) is 7.25. The first-order chi connectivity index (χ1) is 7.36. The molecule has 0 saturated heterocycles. The molecule has 0 amide bonds. The van der Waals surface area contributed by atoms with E-state index in [-0.39, 0.29) is 0 Å². The van der Waals surface area contributed by atoms with Crippen LogP contribution in [-0.2, 0) is 4.74 Å². The molecule has 0 unspecified atom stereocenters. The number of alkyl halides is 1. The number of ether oxygens (including phenoxy) is 2. The SMILES string of the molecule is COc1cc(NCCOCCCl)ncn1. The Balaban J connectivity index is 2.24. The van der Waals surface area contributed by atoms with Crippen molar-refractivity contribution >= 4 is 17.4 Å². The van der Waals surface area contributed by atoms with E-state index in [4.69, 9.17) is 21.1 Å². The first-order valence-electron chi connectivity index (χ1n) is 4.60. The number of nitrogens with zero attached hydrogens (tertiary/aromatic N) is 2. The third-order valence-corrected chi connectivity index (χ3v) is 1.78. The molecule has 0 fully saturated rings. The second-order valence-electron chi connectivity index (χ2n) is 2.67. The van der Waals surface area contributed by atoms with Crippen molar-refractivity contribution in [1.29, 1.82) is 0 Å². The molecule has 0 aromatic carbocycles. The summed E-state index contributed by atoms with van der Waals surface area (Å²) in [6.07, 6.45) is 1.45. The number of hydrogen-bond acceptors (Lipinski definition) is 5. The molecule has 1 heterocycles. The molecule has 0 radical (unpaired) electrons. The van der Waals surface area contributed by atoms with Crippen LogP contribution in [0.25, 0.3) is 0 Å². The normalized spacial score (nSPS) is 10.0. The van der Waals surface area contributed by atoms with Crippen LogP contribution in [0.1, 0.15) is 0 Å². The maximum atomic E-state index is 5.45. The Kier molecular flexibility index (Phi) is 5.80. The van der Waals surface area contributed by atoms with Gasteiger partial charge in [-0.1, -0.05) is 0 Å². The van der Waals surface area contributed by atoms with Crippen molar-refractivity contribution < 1.29 is 9.47 Å². The summed E-state index contributed by atoms with van der Waals surface area (Å²) in [5.41, 5.74) is 0. The molecule has 84 valence electrons. The van der Waals surface area contributed by atoms with Gasteiger partial charge in [0.2, 0.25) is 5.88 Å². The van der Waals surface area contributed by atoms with Gasteiger partial charge in [0, 0.05) is 18.5 Å². The maximum absolute atomic E-state index is 5.45. The van der Waals surface area contributed by atoms with Gasteiger partial charge in [-0.05, 0) is 0 Å². The molecule has 0 saturated carbocycles. The van der Waals surface area contributed by atoms with Gasteiger partial charge in [-0.2, -0.15) is 0 Å². The Morgan fingerprint density at radius 3 is 3.00 bits per heavy atom. The van der Waals surface area contributed by atoms with Crippen molar-refractivity contribution in [3.8, 4) is 5.88 Å².